The van der Waals surface area contributed by atoms with Crippen molar-refractivity contribution in [1.29, 1.82) is 0 Å². The number of nitrogens with two attached hydrogens (primary N) is 1. The van der Waals surface area contributed by atoms with Gasteiger partial charge in [0.1, 0.15) is 5.76 Å². The molecule has 5 nitrogen and oxygen atoms in total. The normalized spacial score (nSPS) is 11.3. The highest BCUT2D eigenvalue weighted by Gasteiger charge is 2.39. The van der Waals surface area contributed by atoms with Gasteiger partial charge in [0.2, 0.25) is 11.8 Å². The molecule has 0 spiro atoms. The molecule has 1 amide bonds. The lowest BCUT2D eigenvalue weighted by molar-refractivity contribution is -0.128. The summed E-state index contributed by atoms with van der Waals surface area (Å²) in [6.07, 6.45) is 4.64. The molecule has 1 aromatic rings. The van der Waals surface area contributed by atoms with Crippen LogP contribution in [0.4, 0.5) is 0 Å². The van der Waals surface area contributed by atoms with Gasteiger partial charge in [-0.25, -0.2) is 4.98 Å². The lowest BCUT2D eigenvalue weighted by atomic mass is 9.78. The van der Waals surface area contributed by atoms with E-state index in [1.54, 1.807) is 6.20 Å². The Hall–Kier alpha value is -1.43. The lowest BCUT2D eigenvalue weighted by Crippen LogP contribution is -2.48. The number of hydrogen-bond acceptors (Lipinski definition) is 4. The molecule has 1 heterocycles. The van der Waals surface area contributed by atoms with Crippen molar-refractivity contribution in [1.82, 2.24) is 10.3 Å². The molecule has 0 saturated carbocycles. The minimum Gasteiger partial charge on any atom is -0.444 e. The smallest absolute Gasteiger partial charge is 0.233 e. The maximum absolute atomic E-state index is 12.5. The van der Waals surface area contributed by atoms with Gasteiger partial charge >= 0.3 is 0 Å². The maximum Gasteiger partial charge on any atom is 0.233 e. The Morgan fingerprint density at radius 3 is 2.45 bits per heavy atom. The molecule has 0 aromatic carbocycles. The number of amides is 1. The molecular weight excluding hydrogens is 274 g/mol. The fourth-order valence-corrected chi connectivity index (χ4v) is 2.67. The first-order valence-corrected chi connectivity index (χ1v) is 7.36. The van der Waals surface area contributed by atoms with Gasteiger partial charge < -0.3 is 15.5 Å². The van der Waals surface area contributed by atoms with Crippen molar-refractivity contribution < 1.29 is 9.21 Å². The molecule has 112 valence electrons. The average Bonchev–Trinajstić information content (AvgIpc) is 2.81. The van der Waals surface area contributed by atoms with Gasteiger partial charge in [0, 0.05) is 0 Å². The largest absolute Gasteiger partial charge is 0.444 e. The van der Waals surface area contributed by atoms with E-state index in [1.165, 1.54) is 0 Å². The molecule has 1 aromatic heterocycles. The molecule has 0 fully saturated rings. The molecular formula is C14H23N3O2S. The maximum atomic E-state index is 12.5. The highest BCUT2D eigenvalue weighted by Crippen LogP contribution is 2.31. The van der Waals surface area contributed by atoms with Crippen LogP contribution < -0.4 is 11.1 Å². The van der Waals surface area contributed by atoms with Crippen LogP contribution in [-0.2, 0) is 11.3 Å². The number of oxazole rings is 1. The number of nitrogens with one attached hydrogen (secondary N) is 1. The summed E-state index contributed by atoms with van der Waals surface area (Å²) in [6, 6.07) is 0. The average molecular weight is 297 g/mol. The first-order chi connectivity index (χ1) is 9.46. The number of aromatic nitrogens is 1. The van der Waals surface area contributed by atoms with E-state index >= 15 is 0 Å². The van der Waals surface area contributed by atoms with Crippen molar-refractivity contribution in [3.05, 3.63) is 17.8 Å². The summed E-state index contributed by atoms with van der Waals surface area (Å²) in [6.45, 7) is 6.11. The second-order valence-electron chi connectivity index (χ2n) is 4.99. The Balaban J connectivity index is 2.79. The van der Waals surface area contributed by atoms with Crippen LogP contribution in [0.3, 0.4) is 0 Å². The third-order valence-electron chi connectivity index (χ3n) is 3.33. The first kappa shape index (κ1) is 16.6. The Labute approximate surface area is 125 Å². The Kier molecular flexibility index (Phi) is 6.13. The van der Waals surface area contributed by atoms with E-state index in [1.807, 2.05) is 20.8 Å². The summed E-state index contributed by atoms with van der Waals surface area (Å²) in [7, 11) is 0. The van der Waals surface area contributed by atoms with Crippen molar-refractivity contribution >= 4 is 23.1 Å². The monoisotopic (exact) mass is 297 g/mol. The molecule has 0 unspecified atom stereocenters. The van der Waals surface area contributed by atoms with E-state index in [4.69, 9.17) is 22.4 Å². The molecule has 0 aliphatic carbocycles. The zero-order chi connectivity index (χ0) is 15.2. The van der Waals surface area contributed by atoms with Crippen LogP contribution in [0.15, 0.2) is 10.6 Å². The lowest BCUT2D eigenvalue weighted by Gasteiger charge is -2.30. The molecule has 0 saturated heterocycles. The van der Waals surface area contributed by atoms with Gasteiger partial charge in [0.05, 0.1) is 23.1 Å². The van der Waals surface area contributed by atoms with E-state index in [0.29, 0.717) is 18.7 Å². The van der Waals surface area contributed by atoms with Crippen LogP contribution in [0.1, 0.15) is 51.2 Å². The van der Waals surface area contributed by atoms with Crippen molar-refractivity contribution in [2.45, 2.75) is 53.0 Å². The summed E-state index contributed by atoms with van der Waals surface area (Å²) >= 11 is 5.15. The SMILES string of the molecule is CCCC(CCC)(C(=O)NCc1ncc(C)o1)C(N)=S. The van der Waals surface area contributed by atoms with E-state index in [-0.39, 0.29) is 17.4 Å². The number of carbonyl (C=O) groups is 1. The van der Waals surface area contributed by atoms with Gasteiger partial charge in [0.15, 0.2) is 0 Å². The van der Waals surface area contributed by atoms with Gasteiger partial charge in [0.25, 0.3) is 0 Å². The number of carbonyl (C=O) groups excluding carboxylic acids is 1. The number of aryl methyl sites for hydroxylation is 1. The highest BCUT2D eigenvalue weighted by molar-refractivity contribution is 7.80. The molecule has 6 heteroatoms. The summed E-state index contributed by atoms with van der Waals surface area (Å²) < 4.78 is 5.34. The van der Waals surface area contributed by atoms with Gasteiger partial charge in [-0.05, 0) is 19.8 Å². The summed E-state index contributed by atoms with van der Waals surface area (Å²) in [5.41, 5.74) is 5.09. The van der Waals surface area contributed by atoms with Crippen LogP contribution >= 0.6 is 12.2 Å². The Morgan fingerprint density at radius 2 is 2.05 bits per heavy atom. The molecule has 20 heavy (non-hydrogen) atoms. The highest BCUT2D eigenvalue weighted by atomic mass is 32.1. The topological polar surface area (TPSA) is 81.2 Å². The van der Waals surface area contributed by atoms with Crippen molar-refractivity contribution in [3.63, 3.8) is 0 Å². The predicted molar refractivity (Wildman–Crippen MR) is 82.1 cm³/mol. The third-order valence-corrected chi connectivity index (χ3v) is 3.72. The third kappa shape index (κ3) is 3.79. The van der Waals surface area contributed by atoms with Gasteiger partial charge in [-0.1, -0.05) is 38.9 Å². The second kappa shape index (κ2) is 7.38. The minimum atomic E-state index is -0.763. The zero-order valence-corrected chi connectivity index (χ0v) is 13.2. The van der Waals surface area contributed by atoms with E-state index in [0.717, 1.165) is 18.6 Å². The first-order valence-electron chi connectivity index (χ1n) is 6.95. The van der Waals surface area contributed by atoms with Crippen molar-refractivity contribution in [2.24, 2.45) is 11.1 Å². The molecule has 3 N–H and O–H groups in total. The van der Waals surface area contributed by atoms with Crippen LogP contribution in [0.2, 0.25) is 0 Å². The summed E-state index contributed by atoms with van der Waals surface area (Å²) in [5.74, 6) is 1.07. The van der Waals surface area contributed by atoms with E-state index in [9.17, 15) is 4.79 Å². The molecule has 0 radical (unpaired) electrons. The molecule has 0 aliphatic heterocycles. The van der Waals surface area contributed by atoms with E-state index in [2.05, 4.69) is 10.3 Å². The predicted octanol–water partition coefficient (Wildman–Crippen LogP) is 2.47. The van der Waals surface area contributed by atoms with Crippen LogP contribution in [0.5, 0.6) is 0 Å². The fraction of sp³-hybridized carbons (Fsp3) is 0.643. The Morgan fingerprint density at radius 1 is 1.45 bits per heavy atom. The molecule has 1 rings (SSSR count). The molecule has 0 atom stereocenters. The number of thiocarbonyl (C=S) groups is 1. The number of nitrogens with zero attached hydrogens (tertiary/aromatic N) is 1. The van der Waals surface area contributed by atoms with E-state index < -0.39 is 5.41 Å². The summed E-state index contributed by atoms with van der Waals surface area (Å²) in [5, 5.41) is 2.84. The Bertz CT molecular complexity index is 465. The van der Waals surface area contributed by atoms with Crippen molar-refractivity contribution in [3.8, 4) is 0 Å². The molecule has 0 aliphatic rings. The standard InChI is InChI=1S/C14H23N3O2S/c1-4-6-14(7-5-2,12(15)20)13(18)17-9-11-16-8-10(3)19-11/h8H,4-7,9H2,1-3H3,(H2,15,20)(H,17,18). The fourth-order valence-electron chi connectivity index (χ4n) is 2.37. The van der Waals surface area contributed by atoms with Crippen LogP contribution in [0.25, 0.3) is 0 Å². The van der Waals surface area contributed by atoms with Gasteiger partial charge in [-0.3, -0.25) is 4.79 Å². The van der Waals surface area contributed by atoms with Crippen LogP contribution in [0, 0.1) is 12.3 Å². The second-order valence-corrected chi connectivity index (χ2v) is 5.43. The quantitative estimate of drug-likeness (QED) is 0.720. The summed E-state index contributed by atoms with van der Waals surface area (Å²) in [4.78, 5) is 16.8. The van der Waals surface area contributed by atoms with Gasteiger partial charge in [-0.2, -0.15) is 0 Å². The van der Waals surface area contributed by atoms with Gasteiger partial charge in [-0.15, -0.1) is 0 Å². The molecule has 0 bridgehead atoms. The van der Waals surface area contributed by atoms with Crippen molar-refractivity contribution in [2.75, 3.05) is 0 Å². The number of hydrogen-bond donors (Lipinski definition) is 2. The minimum absolute atomic E-state index is 0.135. The zero-order valence-electron chi connectivity index (χ0n) is 12.4. The van der Waals surface area contributed by atoms with Crippen LogP contribution in [-0.4, -0.2) is 15.9 Å². The number of rotatable bonds is 8.